The van der Waals surface area contributed by atoms with Crippen molar-refractivity contribution in [2.45, 2.75) is 77.3 Å². The largest absolute Gasteiger partial charge is 0.464 e. The highest BCUT2D eigenvalue weighted by Gasteiger charge is 2.54. The third-order valence-corrected chi connectivity index (χ3v) is 10.5. The number of hydrogen-bond donors (Lipinski definition) is 2. The number of carbonyl (C=O) groups excluding carboxylic acids is 3. The van der Waals surface area contributed by atoms with Crippen LogP contribution in [0.4, 0.5) is 0 Å². The monoisotopic (exact) mass is 465 g/mol. The third-order valence-electron chi connectivity index (χ3n) is 6.02. The summed E-state index contributed by atoms with van der Waals surface area (Å²) in [6, 6.07) is 8.15. The maximum Gasteiger partial charge on any atom is 0.340 e. The summed E-state index contributed by atoms with van der Waals surface area (Å²) in [4.78, 5) is 38.1. The van der Waals surface area contributed by atoms with E-state index in [1.165, 1.54) is 0 Å². The fourth-order valence-electron chi connectivity index (χ4n) is 3.11. The molecule has 178 valence electrons. The first kappa shape index (κ1) is 27.7. The van der Waals surface area contributed by atoms with Crippen molar-refractivity contribution in [1.82, 2.24) is 0 Å². The number of rotatable bonds is 10. The van der Waals surface area contributed by atoms with Crippen LogP contribution in [-0.2, 0) is 23.5 Å². The van der Waals surface area contributed by atoms with Crippen LogP contribution in [0.5, 0.6) is 0 Å². The van der Waals surface area contributed by atoms with Crippen molar-refractivity contribution in [3.63, 3.8) is 0 Å². The predicted octanol–water partition coefficient (Wildman–Crippen LogP) is 3.46. The maximum atomic E-state index is 13.0. The number of hydrogen-bond acceptors (Lipinski definition) is 8. The van der Waals surface area contributed by atoms with Crippen LogP contribution in [0.25, 0.3) is 0 Å². The molecule has 0 radical (unpaired) electrons. The Morgan fingerprint density at radius 3 is 1.94 bits per heavy atom. The Kier molecular flexibility index (Phi) is 9.08. The highest BCUT2D eigenvalue weighted by Crippen LogP contribution is 2.40. The molecule has 0 spiro atoms. The lowest BCUT2D eigenvalue weighted by molar-refractivity contribution is -0.152. The standard InChI is InChI=1S/C23H35NO7Si/c1-9-30-21(27)20(31-32(7,8)22(4,5)6)19(24-29)18(17-13-11-10-12-14-17)23(28,15(2)25)16(3)26/h10-14,18,20,28-29H,9H2,1-8H3/b24-19-/t18-,20+/m1/s1. The van der Waals surface area contributed by atoms with Crippen LogP contribution in [-0.4, -0.2) is 60.2 Å². The molecule has 2 atom stereocenters. The van der Waals surface area contributed by atoms with Gasteiger partial charge < -0.3 is 19.5 Å². The molecule has 1 aromatic rings. The Morgan fingerprint density at radius 1 is 1.06 bits per heavy atom. The summed E-state index contributed by atoms with van der Waals surface area (Å²) in [7, 11) is -2.64. The van der Waals surface area contributed by atoms with Gasteiger partial charge in [0.2, 0.25) is 0 Å². The van der Waals surface area contributed by atoms with Crippen molar-refractivity contribution in [2.75, 3.05) is 6.61 Å². The molecule has 1 rings (SSSR count). The summed E-state index contributed by atoms with van der Waals surface area (Å²) in [6.45, 7) is 13.5. The van der Waals surface area contributed by atoms with E-state index >= 15 is 0 Å². The Balaban J connectivity index is 3.83. The molecule has 0 saturated carbocycles. The normalized spacial score (nSPS) is 15.1. The lowest BCUT2D eigenvalue weighted by Gasteiger charge is -2.40. The van der Waals surface area contributed by atoms with Gasteiger partial charge >= 0.3 is 5.97 Å². The molecule has 0 bridgehead atoms. The quantitative estimate of drug-likeness (QED) is 0.135. The van der Waals surface area contributed by atoms with Gasteiger partial charge in [0.15, 0.2) is 31.6 Å². The molecule has 2 N–H and O–H groups in total. The number of ether oxygens (including phenoxy) is 1. The van der Waals surface area contributed by atoms with E-state index in [1.807, 2.05) is 33.9 Å². The zero-order chi connectivity index (χ0) is 24.9. The number of esters is 1. The number of nitrogens with zero attached hydrogens (tertiary/aromatic N) is 1. The van der Waals surface area contributed by atoms with Crippen LogP contribution in [0.2, 0.25) is 18.1 Å². The van der Waals surface area contributed by atoms with Crippen LogP contribution in [0.15, 0.2) is 35.5 Å². The van der Waals surface area contributed by atoms with Gasteiger partial charge in [0.05, 0.1) is 12.5 Å². The second-order valence-electron chi connectivity index (χ2n) is 9.26. The van der Waals surface area contributed by atoms with E-state index in [-0.39, 0.29) is 17.4 Å². The number of benzene rings is 1. The van der Waals surface area contributed by atoms with Crippen LogP contribution in [0.1, 0.15) is 53.0 Å². The topological polar surface area (TPSA) is 122 Å². The molecule has 0 aliphatic carbocycles. The first-order chi connectivity index (χ1) is 14.6. The molecule has 0 aliphatic heterocycles. The second kappa shape index (κ2) is 10.5. The Morgan fingerprint density at radius 2 is 1.56 bits per heavy atom. The molecule has 8 nitrogen and oxygen atoms in total. The number of oxime groups is 1. The molecule has 0 saturated heterocycles. The molecule has 1 aromatic carbocycles. The number of carbonyl (C=O) groups is 3. The lowest BCUT2D eigenvalue weighted by Crippen LogP contribution is -2.57. The van der Waals surface area contributed by atoms with Crippen molar-refractivity contribution in [1.29, 1.82) is 0 Å². The molecular weight excluding hydrogens is 430 g/mol. The first-order valence-corrected chi connectivity index (χ1v) is 13.4. The fourth-order valence-corrected chi connectivity index (χ4v) is 4.27. The van der Waals surface area contributed by atoms with Crippen molar-refractivity contribution >= 4 is 31.6 Å². The highest BCUT2D eigenvalue weighted by atomic mass is 28.4. The summed E-state index contributed by atoms with van der Waals surface area (Å²) in [5.74, 6) is -4.01. The van der Waals surface area contributed by atoms with Gasteiger partial charge in [-0.3, -0.25) is 9.59 Å². The Bertz CT molecular complexity index is 845. The van der Waals surface area contributed by atoms with E-state index in [2.05, 4.69) is 5.16 Å². The van der Waals surface area contributed by atoms with Crippen molar-refractivity contribution < 1.29 is 33.9 Å². The molecule has 0 fully saturated rings. The number of Topliss-reactive ketones (excluding diaryl/α,β-unsaturated/α-hetero) is 2. The summed E-state index contributed by atoms with van der Waals surface area (Å²) in [5.41, 5.74) is -2.64. The van der Waals surface area contributed by atoms with Gasteiger partial charge in [0.25, 0.3) is 0 Å². The molecule has 32 heavy (non-hydrogen) atoms. The number of aliphatic hydroxyl groups is 1. The molecule has 0 aliphatic rings. The van der Waals surface area contributed by atoms with Crippen LogP contribution in [0.3, 0.4) is 0 Å². The van der Waals surface area contributed by atoms with Crippen molar-refractivity contribution in [3.8, 4) is 0 Å². The van der Waals surface area contributed by atoms with E-state index in [0.717, 1.165) is 13.8 Å². The minimum atomic E-state index is -2.64. The van der Waals surface area contributed by atoms with E-state index in [9.17, 15) is 24.7 Å². The van der Waals surface area contributed by atoms with Crippen LogP contribution in [0, 0.1) is 0 Å². The third kappa shape index (κ3) is 5.70. The molecular formula is C23H35NO7Si. The van der Waals surface area contributed by atoms with E-state index in [0.29, 0.717) is 5.56 Å². The molecule has 0 aromatic heterocycles. The van der Waals surface area contributed by atoms with Crippen molar-refractivity contribution in [3.05, 3.63) is 35.9 Å². The molecule has 0 amide bonds. The minimum absolute atomic E-state index is 0.0363. The fraction of sp³-hybridized carbons (Fsp3) is 0.565. The zero-order valence-electron chi connectivity index (χ0n) is 20.1. The Hall–Kier alpha value is -2.36. The summed E-state index contributed by atoms with van der Waals surface area (Å²) >= 11 is 0. The second-order valence-corrected chi connectivity index (χ2v) is 14.0. The van der Waals surface area contributed by atoms with Crippen LogP contribution < -0.4 is 0 Å². The Labute approximate surface area is 190 Å². The lowest BCUT2D eigenvalue weighted by atomic mass is 9.73. The summed E-state index contributed by atoms with van der Waals surface area (Å²) in [5, 5.41) is 24.4. The van der Waals surface area contributed by atoms with E-state index in [1.54, 1.807) is 37.3 Å². The predicted molar refractivity (Wildman–Crippen MR) is 123 cm³/mol. The van der Waals surface area contributed by atoms with Gasteiger partial charge in [-0.1, -0.05) is 56.3 Å². The smallest absolute Gasteiger partial charge is 0.340 e. The highest BCUT2D eigenvalue weighted by molar-refractivity contribution is 6.74. The van der Waals surface area contributed by atoms with E-state index < -0.39 is 43.5 Å². The maximum absolute atomic E-state index is 13.0. The summed E-state index contributed by atoms with van der Waals surface area (Å²) < 4.78 is 11.4. The molecule has 0 heterocycles. The molecule has 0 unspecified atom stereocenters. The minimum Gasteiger partial charge on any atom is -0.464 e. The van der Waals surface area contributed by atoms with Gasteiger partial charge in [-0.25, -0.2) is 4.79 Å². The van der Waals surface area contributed by atoms with Gasteiger partial charge in [-0.05, 0) is 44.5 Å². The molecule has 9 heteroatoms. The van der Waals surface area contributed by atoms with Gasteiger partial charge in [0, 0.05) is 0 Å². The summed E-state index contributed by atoms with van der Waals surface area (Å²) in [6.07, 6.45) is -1.53. The average Bonchev–Trinajstić information content (AvgIpc) is 2.69. The number of ketones is 2. The first-order valence-electron chi connectivity index (χ1n) is 10.5. The average molecular weight is 466 g/mol. The van der Waals surface area contributed by atoms with Gasteiger partial charge in [-0.15, -0.1) is 0 Å². The van der Waals surface area contributed by atoms with Crippen molar-refractivity contribution in [2.24, 2.45) is 5.16 Å². The SMILES string of the molecule is CCOC(=O)[C@@H](O[Si](C)(C)C(C)(C)C)/C(=N\O)[C@@H](c1ccccc1)C(O)(C(C)=O)C(C)=O. The van der Waals surface area contributed by atoms with E-state index in [4.69, 9.17) is 9.16 Å². The van der Waals surface area contributed by atoms with Crippen LogP contribution >= 0.6 is 0 Å². The van der Waals surface area contributed by atoms with Gasteiger partial charge in [0.1, 0.15) is 5.71 Å². The van der Waals surface area contributed by atoms with Gasteiger partial charge in [-0.2, -0.15) is 0 Å². The zero-order valence-corrected chi connectivity index (χ0v) is 21.1.